The van der Waals surface area contributed by atoms with Crippen LogP contribution in [0.25, 0.3) is 0 Å². The average molecular weight is 428 g/mol. The van der Waals surface area contributed by atoms with Crippen molar-refractivity contribution in [2.45, 2.75) is 29.9 Å². The molecule has 2 heterocycles. The third kappa shape index (κ3) is 4.18. The Morgan fingerprint density at radius 3 is 2.63 bits per heavy atom. The van der Waals surface area contributed by atoms with Gasteiger partial charge >= 0.3 is 0 Å². The van der Waals surface area contributed by atoms with Gasteiger partial charge in [0.1, 0.15) is 5.82 Å². The molecule has 0 radical (unpaired) electrons. The number of anilines is 2. The molecule has 1 fully saturated rings. The highest BCUT2D eigenvalue weighted by atomic mass is 32.2. The van der Waals surface area contributed by atoms with Crippen LogP contribution < -0.4 is 10.6 Å². The molecule has 0 aliphatic carbocycles. The van der Waals surface area contributed by atoms with Gasteiger partial charge in [0.25, 0.3) is 0 Å². The molecule has 0 saturated carbocycles. The number of para-hydroxylation sites is 1. The van der Waals surface area contributed by atoms with Crippen molar-refractivity contribution < 1.29 is 18.8 Å². The maximum Gasteiger partial charge on any atom is 0.247 e. The van der Waals surface area contributed by atoms with E-state index in [1.165, 1.54) is 23.9 Å². The van der Waals surface area contributed by atoms with Gasteiger partial charge in [0.05, 0.1) is 5.69 Å². The first-order valence-electron chi connectivity index (χ1n) is 9.85. The zero-order chi connectivity index (χ0) is 21.3. The lowest BCUT2D eigenvalue weighted by atomic mass is 9.95. The van der Waals surface area contributed by atoms with E-state index in [0.717, 1.165) is 10.6 Å². The number of fused-ring (bicyclic) bond motifs is 1. The molecule has 4 rings (SSSR count). The van der Waals surface area contributed by atoms with Crippen LogP contribution in [-0.4, -0.2) is 41.0 Å². The van der Waals surface area contributed by atoms with Crippen LogP contribution in [0.2, 0.25) is 0 Å². The van der Waals surface area contributed by atoms with Gasteiger partial charge in [-0.2, -0.15) is 0 Å². The smallest absolute Gasteiger partial charge is 0.247 e. The SMILES string of the molecule is Cc1cc(F)ccc1NC(=O)C1CCN(C(=O)C2Sc3ccccc3NC2=O)CC1. The fourth-order valence-electron chi connectivity index (χ4n) is 3.74. The first-order chi connectivity index (χ1) is 14.4. The summed E-state index contributed by atoms with van der Waals surface area (Å²) < 4.78 is 13.2. The molecule has 6 nitrogen and oxygen atoms in total. The molecule has 30 heavy (non-hydrogen) atoms. The fraction of sp³-hybridized carbons (Fsp3) is 0.318. The number of hydrogen-bond acceptors (Lipinski definition) is 4. The summed E-state index contributed by atoms with van der Waals surface area (Å²) in [5.41, 5.74) is 1.98. The normalized spacial score (nSPS) is 19.1. The minimum atomic E-state index is -0.813. The lowest BCUT2D eigenvalue weighted by molar-refractivity contribution is -0.136. The van der Waals surface area contributed by atoms with Crippen molar-refractivity contribution in [1.82, 2.24) is 4.90 Å². The Labute approximate surface area is 178 Å². The summed E-state index contributed by atoms with van der Waals surface area (Å²) in [5, 5.41) is 4.84. The molecule has 2 aromatic carbocycles. The van der Waals surface area contributed by atoms with E-state index >= 15 is 0 Å². The molecule has 3 amide bonds. The number of thioether (sulfide) groups is 1. The standard InChI is InChI=1S/C22H22FN3O3S/c1-13-12-15(23)6-7-16(13)24-20(27)14-8-10-26(11-9-14)22(29)19-21(28)25-17-4-2-3-5-18(17)30-19/h2-7,12,14,19H,8-11H2,1H3,(H,24,27)(H,25,28). The summed E-state index contributed by atoms with van der Waals surface area (Å²) in [6.45, 7) is 2.58. The van der Waals surface area contributed by atoms with Gasteiger partial charge in [-0.1, -0.05) is 12.1 Å². The summed E-state index contributed by atoms with van der Waals surface area (Å²) in [6.07, 6.45) is 1.04. The molecule has 2 aliphatic heterocycles. The van der Waals surface area contributed by atoms with Gasteiger partial charge in [-0.3, -0.25) is 14.4 Å². The summed E-state index contributed by atoms with van der Waals surface area (Å²) >= 11 is 1.27. The van der Waals surface area contributed by atoms with Gasteiger partial charge < -0.3 is 15.5 Å². The molecule has 1 atom stereocenters. The van der Waals surface area contributed by atoms with Crippen molar-refractivity contribution in [3.8, 4) is 0 Å². The Bertz CT molecular complexity index is 1000. The molecular formula is C22H22FN3O3S. The van der Waals surface area contributed by atoms with E-state index in [-0.39, 0.29) is 29.5 Å². The van der Waals surface area contributed by atoms with Crippen LogP contribution in [0.4, 0.5) is 15.8 Å². The minimum absolute atomic E-state index is 0.129. The molecule has 0 bridgehead atoms. The predicted molar refractivity (Wildman–Crippen MR) is 114 cm³/mol. The highest BCUT2D eigenvalue weighted by Crippen LogP contribution is 2.36. The third-order valence-corrected chi connectivity index (χ3v) is 6.74. The number of halogens is 1. The molecule has 156 valence electrons. The van der Waals surface area contributed by atoms with Gasteiger partial charge in [-0.15, -0.1) is 11.8 Å². The van der Waals surface area contributed by atoms with E-state index in [0.29, 0.717) is 37.2 Å². The molecule has 8 heteroatoms. The van der Waals surface area contributed by atoms with Crippen molar-refractivity contribution in [2.24, 2.45) is 5.92 Å². The third-order valence-electron chi connectivity index (χ3n) is 5.48. The van der Waals surface area contributed by atoms with Crippen LogP contribution in [-0.2, 0) is 14.4 Å². The molecule has 2 N–H and O–H groups in total. The van der Waals surface area contributed by atoms with Crippen molar-refractivity contribution in [2.75, 3.05) is 23.7 Å². The number of rotatable bonds is 3. The highest BCUT2D eigenvalue weighted by molar-refractivity contribution is 8.01. The van der Waals surface area contributed by atoms with Crippen molar-refractivity contribution >= 4 is 40.9 Å². The van der Waals surface area contributed by atoms with Crippen LogP contribution in [0.3, 0.4) is 0 Å². The van der Waals surface area contributed by atoms with Crippen LogP contribution in [0.15, 0.2) is 47.4 Å². The number of carbonyl (C=O) groups is 3. The van der Waals surface area contributed by atoms with E-state index in [9.17, 15) is 18.8 Å². The van der Waals surface area contributed by atoms with E-state index in [4.69, 9.17) is 0 Å². The van der Waals surface area contributed by atoms with Crippen LogP contribution in [0.1, 0.15) is 18.4 Å². The van der Waals surface area contributed by atoms with Gasteiger partial charge in [0.2, 0.25) is 17.7 Å². The molecule has 2 aromatic rings. The van der Waals surface area contributed by atoms with Gasteiger partial charge in [0.15, 0.2) is 5.25 Å². The predicted octanol–water partition coefficient (Wildman–Crippen LogP) is 3.42. The first kappa shape index (κ1) is 20.4. The molecule has 1 unspecified atom stereocenters. The number of piperidine rings is 1. The summed E-state index contributed by atoms with van der Waals surface area (Å²) in [5.74, 6) is -1.23. The second-order valence-electron chi connectivity index (χ2n) is 7.53. The lowest BCUT2D eigenvalue weighted by Crippen LogP contribution is -2.48. The topological polar surface area (TPSA) is 78.5 Å². The zero-order valence-corrected chi connectivity index (χ0v) is 17.3. The number of nitrogens with one attached hydrogen (secondary N) is 2. The van der Waals surface area contributed by atoms with Crippen LogP contribution >= 0.6 is 11.8 Å². The number of benzene rings is 2. The van der Waals surface area contributed by atoms with Crippen molar-refractivity contribution in [3.63, 3.8) is 0 Å². The summed E-state index contributed by atoms with van der Waals surface area (Å²) in [7, 11) is 0. The largest absolute Gasteiger partial charge is 0.341 e. The van der Waals surface area contributed by atoms with E-state index in [2.05, 4.69) is 10.6 Å². The minimum Gasteiger partial charge on any atom is -0.341 e. The van der Waals surface area contributed by atoms with Gasteiger partial charge in [-0.25, -0.2) is 4.39 Å². The van der Waals surface area contributed by atoms with Crippen molar-refractivity contribution in [3.05, 3.63) is 53.8 Å². The molecule has 0 spiro atoms. The fourth-order valence-corrected chi connectivity index (χ4v) is 4.82. The van der Waals surface area contributed by atoms with Gasteiger partial charge in [-0.05, 0) is 55.7 Å². The second kappa shape index (κ2) is 8.47. The maximum absolute atomic E-state index is 13.2. The van der Waals surface area contributed by atoms with E-state index in [1.54, 1.807) is 17.9 Å². The molecule has 2 aliphatic rings. The molecule has 1 saturated heterocycles. The first-order valence-corrected chi connectivity index (χ1v) is 10.7. The van der Waals surface area contributed by atoms with Crippen molar-refractivity contribution in [1.29, 1.82) is 0 Å². The lowest BCUT2D eigenvalue weighted by Gasteiger charge is -2.34. The Kier molecular flexibility index (Phi) is 5.76. The van der Waals surface area contributed by atoms with E-state index < -0.39 is 5.25 Å². The average Bonchev–Trinajstić information content (AvgIpc) is 2.75. The Balaban J connectivity index is 1.34. The van der Waals surface area contributed by atoms with E-state index in [1.807, 2.05) is 24.3 Å². The van der Waals surface area contributed by atoms with Gasteiger partial charge in [0, 0.05) is 29.6 Å². The second-order valence-corrected chi connectivity index (χ2v) is 8.68. The Morgan fingerprint density at radius 1 is 1.17 bits per heavy atom. The molecular weight excluding hydrogens is 405 g/mol. The quantitative estimate of drug-likeness (QED) is 0.736. The summed E-state index contributed by atoms with van der Waals surface area (Å²) in [4.78, 5) is 40.5. The number of carbonyl (C=O) groups excluding carboxylic acids is 3. The number of likely N-dealkylation sites (tertiary alicyclic amines) is 1. The molecule has 0 aromatic heterocycles. The number of amides is 3. The van der Waals surface area contributed by atoms with Crippen LogP contribution in [0, 0.1) is 18.7 Å². The number of nitrogens with zero attached hydrogens (tertiary/aromatic N) is 1. The maximum atomic E-state index is 13.2. The Hall–Kier alpha value is -2.87. The zero-order valence-electron chi connectivity index (χ0n) is 16.5. The highest BCUT2D eigenvalue weighted by Gasteiger charge is 2.37. The number of aryl methyl sites for hydroxylation is 1. The number of hydrogen-bond donors (Lipinski definition) is 2. The van der Waals surface area contributed by atoms with Crippen LogP contribution in [0.5, 0.6) is 0 Å². The Morgan fingerprint density at radius 2 is 1.90 bits per heavy atom. The summed E-state index contributed by atoms with van der Waals surface area (Å²) in [6, 6.07) is 11.7. The monoisotopic (exact) mass is 427 g/mol.